The first-order valence-corrected chi connectivity index (χ1v) is 14.0. The van der Waals surface area contributed by atoms with E-state index >= 15 is 0 Å². The van der Waals surface area contributed by atoms with Crippen molar-refractivity contribution in [3.05, 3.63) is 51.5 Å². The number of halogens is 1. The second-order valence-corrected chi connectivity index (χ2v) is 13.1. The molecule has 5 aliphatic rings. The van der Waals surface area contributed by atoms with Gasteiger partial charge in [0.25, 0.3) is 0 Å². The van der Waals surface area contributed by atoms with E-state index in [1.807, 2.05) is 13.0 Å². The van der Waals surface area contributed by atoms with Gasteiger partial charge in [0, 0.05) is 30.4 Å². The molecule has 3 saturated carbocycles. The third-order valence-electron chi connectivity index (χ3n) is 11.0. The molecule has 0 bridgehead atoms. The Labute approximate surface area is 212 Å². The standard InChI is InChI=1S/C30H38BrNO2/c1-5-12-30(34)14-11-24-21-7-6-18-15-19(33)10-13-29(18)17-23-20(8-9-25(27(23)31)32(3)4)22(26(21)29)16-28(24,30)2/h5,8-9,12,15,21-22,24,26,34H,6-7,10-11,13-14,16-17H2,1-4H3/t21-,22?,24-,26?,28-,29+,30-/m0/s1. The minimum absolute atomic E-state index is 0.102. The van der Waals surface area contributed by atoms with Gasteiger partial charge in [-0.15, -0.1) is 0 Å². The maximum absolute atomic E-state index is 12.5. The summed E-state index contributed by atoms with van der Waals surface area (Å²) in [6, 6.07) is 4.67. The van der Waals surface area contributed by atoms with Gasteiger partial charge in [0.2, 0.25) is 0 Å². The van der Waals surface area contributed by atoms with E-state index in [9.17, 15) is 9.90 Å². The molecule has 5 aliphatic carbocycles. The molecule has 182 valence electrons. The van der Waals surface area contributed by atoms with Gasteiger partial charge in [0.15, 0.2) is 5.78 Å². The van der Waals surface area contributed by atoms with E-state index in [-0.39, 0.29) is 10.8 Å². The molecule has 2 unspecified atom stereocenters. The molecule has 0 heterocycles. The molecule has 34 heavy (non-hydrogen) atoms. The van der Waals surface area contributed by atoms with Gasteiger partial charge >= 0.3 is 0 Å². The van der Waals surface area contributed by atoms with E-state index in [4.69, 9.17) is 0 Å². The molecule has 6 rings (SSSR count). The van der Waals surface area contributed by atoms with Crippen molar-refractivity contribution >= 4 is 27.4 Å². The molecule has 3 fully saturated rings. The first-order valence-electron chi connectivity index (χ1n) is 13.2. The largest absolute Gasteiger partial charge is 0.385 e. The van der Waals surface area contributed by atoms with Crippen LogP contribution in [0.15, 0.2) is 40.4 Å². The van der Waals surface area contributed by atoms with E-state index in [0.717, 1.165) is 38.5 Å². The number of fused-ring (bicyclic) bond motifs is 4. The van der Waals surface area contributed by atoms with Crippen LogP contribution in [0.4, 0.5) is 5.69 Å². The third kappa shape index (κ3) is 2.82. The zero-order valence-corrected chi connectivity index (χ0v) is 22.6. The Morgan fingerprint density at radius 2 is 1.97 bits per heavy atom. The van der Waals surface area contributed by atoms with Crippen LogP contribution in [0.1, 0.15) is 75.8 Å². The molecule has 7 atom stereocenters. The summed E-state index contributed by atoms with van der Waals surface area (Å²) in [5.74, 6) is 2.50. The van der Waals surface area contributed by atoms with Gasteiger partial charge < -0.3 is 10.0 Å². The summed E-state index contributed by atoms with van der Waals surface area (Å²) < 4.78 is 1.23. The van der Waals surface area contributed by atoms with E-state index in [0.29, 0.717) is 35.9 Å². The van der Waals surface area contributed by atoms with E-state index in [1.165, 1.54) is 33.3 Å². The van der Waals surface area contributed by atoms with Gasteiger partial charge in [0.05, 0.1) is 11.3 Å². The third-order valence-corrected chi connectivity index (χ3v) is 11.8. The highest BCUT2D eigenvalue weighted by Gasteiger charge is 2.67. The molecule has 1 aromatic rings. The van der Waals surface area contributed by atoms with Crippen molar-refractivity contribution in [2.24, 2.45) is 28.6 Å². The number of anilines is 1. The molecule has 0 aromatic heterocycles. The lowest BCUT2D eigenvalue weighted by atomic mass is 9.39. The summed E-state index contributed by atoms with van der Waals surface area (Å²) in [6.45, 7) is 4.43. The highest BCUT2D eigenvalue weighted by atomic mass is 79.9. The SMILES string of the molecule is CC=C[C@]1(O)CC[C@H]2[C@@H]3CCC4=CC(=O)CC[C@@]45Cc4c(ccc(N(C)C)c4Br)C(C[C@@]21C)C35. The number of carbonyl (C=O) groups is 1. The number of hydrogen-bond donors (Lipinski definition) is 1. The fourth-order valence-corrected chi connectivity index (χ4v) is 10.4. The van der Waals surface area contributed by atoms with Crippen LogP contribution in [0.2, 0.25) is 0 Å². The average Bonchev–Trinajstić information content (AvgIpc) is 3.05. The van der Waals surface area contributed by atoms with Crippen LogP contribution in [0.25, 0.3) is 0 Å². The van der Waals surface area contributed by atoms with Gasteiger partial charge in [-0.1, -0.05) is 30.7 Å². The second kappa shape index (κ2) is 7.56. The highest BCUT2D eigenvalue weighted by molar-refractivity contribution is 9.10. The van der Waals surface area contributed by atoms with Crippen molar-refractivity contribution in [3.8, 4) is 0 Å². The van der Waals surface area contributed by atoms with Crippen LogP contribution in [0.5, 0.6) is 0 Å². The maximum atomic E-state index is 12.5. The Bertz CT molecular complexity index is 1120. The Hall–Kier alpha value is -1.39. The first-order chi connectivity index (χ1) is 16.1. The maximum Gasteiger partial charge on any atom is 0.155 e. The van der Waals surface area contributed by atoms with Crippen molar-refractivity contribution in [2.75, 3.05) is 19.0 Å². The van der Waals surface area contributed by atoms with E-state index in [1.54, 1.807) is 0 Å². The molecular weight excluding hydrogens is 486 g/mol. The van der Waals surface area contributed by atoms with E-state index in [2.05, 4.69) is 66.1 Å². The van der Waals surface area contributed by atoms with Crippen LogP contribution < -0.4 is 4.90 Å². The molecule has 4 heteroatoms. The van der Waals surface area contributed by atoms with Crippen molar-refractivity contribution in [1.82, 2.24) is 0 Å². The first kappa shape index (κ1) is 23.0. The topological polar surface area (TPSA) is 40.5 Å². The van der Waals surface area contributed by atoms with Gasteiger partial charge in [-0.05, 0) is 120 Å². The molecule has 0 saturated heterocycles. The highest BCUT2D eigenvalue weighted by Crippen LogP contribution is 2.73. The molecule has 3 nitrogen and oxygen atoms in total. The molecule has 0 amide bonds. The lowest BCUT2D eigenvalue weighted by Crippen LogP contribution is -2.59. The number of ketones is 1. The number of carbonyl (C=O) groups excluding carboxylic acids is 1. The quantitative estimate of drug-likeness (QED) is 0.444. The van der Waals surface area contributed by atoms with Crippen LogP contribution in [0, 0.1) is 28.6 Å². The summed E-state index contributed by atoms with van der Waals surface area (Å²) in [6.07, 6.45) is 14.2. The summed E-state index contributed by atoms with van der Waals surface area (Å²) in [5, 5.41) is 12.0. The number of benzene rings is 1. The summed E-state index contributed by atoms with van der Waals surface area (Å²) in [7, 11) is 4.22. The molecule has 0 radical (unpaired) electrons. The van der Waals surface area contributed by atoms with Gasteiger partial charge in [0.1, 0.15) is 0 Å². The van der Waals surface area contributed by atoms with Crippen molar-refractivity contribution in [3.63, 3.8) is 0 Å². The Morgan fingerprint density at radius 1 is 1.18 bits per heavy atom. The summed E-state index contributed by atoms with van der Waals surface area (Å²) in [5.41, 5.74) is 4.87. The zero-order chi connectivity index (χ0) is 24.0. The second-order valence-electron chi connectivity index (χ2n) is 12.4. The summed E-state index contributed by atoms with van der Waals surface area (Å²) in [4.78, 5) is 14.7. The molecule has 0 aliphatic heterocycles. The van der Waals surface area contributed by atoms with Crippen LogP contribution in [-0.4, -0.2) is 30.6 Å². The predicted molar refractivity (Wildman–Crippen MR) is 141 cm³/mol. The van der Waals surface area contributed by atoms with Crippen molar-refractivity contribution in [2.45, 2.75) is 76.7 Å². The minimum atomic E-state index is -0.721. The molecule has 1 N–H and O–H groups in total. The fraction of sp³-hybridized carbons (Fsp3) is 0.633. The Kier molecular flexibility index (Phi) is 5.12. The summed E-state index contributed by atoms with van der Waals surface area (Å²) >= 11 is 4.03. The van der Waals surface area contributed by atoms with Gasteiger partial charge in [-0.3, -0.25) is 4.79 Å². The van der Waals surface area contributed by atoms with Gasteiger partial charge in [-0.2, -0.15) is 0 Å². The molecular formula is C30H38BrNO2. The minimum Gasteiger partial charge on any atom is -0.385 e. The molecule has 1 aromatic carbocycles. The van der Waals surface area contributed by atoms with E-state index < -0.39 is 5.60 Å². The number of rotatable bonds is 2. The number of hydrogen-bond acceptors (Lipinski definition) is 3. The lowest BCUT2D eigenvalue weighted by molar-refractivity contribution is -0.128. The smallest absolute Gasteiger partial charge is 0.155 e. The zero-order valence-electron chi connectivity index (χ0n) is 21.0. The predicted octanol–water partition coefficient (Wildman–Crippen LogP) is 6.58. The number of allylic oxidation sites excluding steroid dienone is 2. The van der Waals surface area contributed by atoms with Crippen molar-refractivity contribution in [1.29, 1.82) is 0 Å². The lowest BCUT2D eigenvalue weighted by Gasteiger charge is -2.65. The number of nitrogens with zero attached hydrogens (tertiary/aromatic N) is 1. The average molecular weight is 525 g/mol. The van der Waals surface area contributed by atoms with Crippen molar-refractivity contribution < 1.29 is 9.90 Å². The Balaban J connectivity index is 1.58. The van der Waals surface area contributed by atoms with Crippen LogP contribution >= 0.6 is 15.9 Å². The monoisotopic (exact) mass is 523 g/mol. The molecule has 1 spiro atoms. The fourth-order valence-electron chi connectivity index (χ4n) is 9.55. The number of aliphatic hydroxyl groups is 1. The normalized spacial score (nSPS) is 42.5. The Morgan fingerprint density at radius 3 is 2.71 bits per heavy atom. The van der Waals surface area contributed by atoms with Crippen LogP contribution in [0.3, 0.4) is 0 Å². The van der Waals surface area contributed by atoms with Crippen LogP contribution in [-0.2, 0) is 11.2 Å². The van der Waals surface area contributed by atoms with Gasteiger partial charge in [-0.25, -0.2) is 0 Å².